The van der Waals surface area contributed by atoms with Crippen molar-refractivity contribution in [2.45, 2.75) is 52.6 Å². The molecule has 0 heterocycles. The summed E-state index contributed by atoms with van der Waals surface area (Å²) in [5.74, 6) is 0.197. The molecule has 1 rings (SSSR count). The lowest BCUT2D eigenvalue weighted by atomic mass is 9.91. The van der Waals surface area contributed by atoms with E-state index in [9.17, 15) is 20.1 Å². The lowest BCUT2D eigenvalue weighted by Crippen LogP contribution is -2.53. The van der Waals surface area contributed by atoms with Crippen molar-refractivity contribution in [1.29, 1.82) is 0 Å². The second-order valence-electron chi connectivity index (χ2n) is 6.65. The molecule has 1 unspecified atom stereocenters. The van der Waals surface area contributed by atoms with Gasteiger partial charge in [0.05, 0.1) is 0 Å². The standard InChI is InChI=1S/C16H25NO4/c1-10(2)13(17(15(20)21)16(3,4)5)9-11-8-12(18)6-7-14(11)19/h6-8,10,13,18-19H,9H2,1-5H3,(H,20,21). The molecule has 118 valence electrons. The van der Waals surface area contributed by atoms with Gasteiger partial charge >= 0.3 is 6.09 Å². The fourth-order valence-electron chi connectivity index (χ4n) is 2.51. The SMILES string of the molecule is CC(C)C(Cc1cc(O)ccc1O)N(C(=O)O)C(C)(C)C. The van der Waals surface area contributed by atoms with Gasteiger partial charge in [-0.05, 0) is 56.9 Å². The number of benzene rings is 1. The number of aromatic hydroxyl groups is 2. The van der Waals surface area contributed by atoms with Crippen LogP contribution in [0.2, 0.25) is 0 Å². The third-order valence-corrected chi connectivity index (χ3v) is 3.52. The topological polar surface area (TPSA) is 81.0 Å². The Hall–Kier alpha value is -1.91. The van der Waals surface area contributed by atoms with Gasteiger partial charge in [0.1, 0.15) is 11.5 Å². The van der Waals surface area contributed by atoms with Crippen LogP contribution in [0.15, 0.2) is 18.2 Å². The van der Waals surface area contributed by atoms with Crippen LogP contribution in [0.1, 0.15) is 40.2 Å². The summed E-state index contributed by atoms with van der Waals surface area (Å²) in [5.41, 5.74) is -0.00284. The van der Waals surface area contributed by atoms with Gasteiger partial charge in [0.25, 0.3) is 0 Å². The van der Waals surface area contributed by atoms with Gasteiger partial charge in [-0.2, -0.15) is 0 Å². The number of carboxylic acid groups (broad SMARTS) is 1. The molecule has 0 aliphatic rings. The second-order valence-corrected chi connectivity index (χ2v) is 6.65. The lowest BCUT2D eigenvalue weighted by molar-refractivity contribution is 0.0539. The molecule has 0 fully saturated rings. The Kier molecular flexibility index (Phi) is 5.10. The van der Waals surface area contributed by atoms with Crippen LogP contribution in [0, 0.1) is 5.92 Å². The maximum Gasteiger partial charge on any atom is 0.408 e. The highest BCUT2D eigenvalue weighted by Gasteiger charge is 2.35. The molecule has 0 bridgehead atoms. The smallest absolute Gasteiger partial charge is 0.408 e. The van der Waals surface area contributed by atoms with E-state index in [-0.39, 0.29) is 23.5 Å². The third kappa shape index (κ3) is 4.28. The van der Waals surface area contributed by atoms with Crippen molar-refractivity contribution >= 4 is 6.09 Å². The molecule has 5 heteroatoms. The van der Waals surface area contributed by atoms with E-state index in [1.165, 1.54) is 23.1 Å². The first-order chi connectivity index (χ1) is 9.54. The van der Waals surface area contributed by atoms with Crippen molar-refractivity contribution < 1.29 is 20.1 Å². The molecule has 5 nitrogen and oxygen atoms in total. The van der Waals surface area contributed by atoms with E-state index in [2.05, 4.69) is 0 Å². The number of hydrogen-bond donors (Lipinski definition) is 3. The highest BCUT2D eigenvalue weighted by Crippen LogP contribution is 2.29. The Morgan fingerprint density at radius 1 is 1.24 bits per heavy atom. The number of hydrogen-bond acceptors (Lipinski definition) is 3. The molecular weight excluding hydrogens is 270 g/mol. The first kappa shape index (κ1) is 17.1. The molecule has 3 N–H and O–H groups in total. The van der Waals surface area contributed by atoms with E-state index >= 15 is 0 Å². The molecule has 1 aromatic carbocycles. The average molecular weight is 295 g/mol. The predicted molar refractivity (Wildman–Crippen MR) is 81.7 cm³/mol. The van der Waals surface area contributed by atoms with Gasteiger partial charge < -0.3 is 15.3 Å². The zero-order chi connectivity index (χ0) is 16.4. The van der Waals surface area contributed by atoms with E-state index in [4.69, 9.17) is 0 Å². The van der Waals surface area contributed by atoms with Crippen LogP contribution in [0.5, 0.6) is 11.5 Å². The van der Waals surface area contributed by atoms with Gasteiger partial charge in [-0.25, -0.2) is 4.79 Å². The zero-order valence-corrected chi connectivity index (χ0v) is 13.3. The molecule has 0 saturated heterocycles. The molecule has 0 aliphatic heterocycles. The summed E-state index contributed by atoms with van der Waals surface area (Å²) < 4.78 is 0. The Balaban J connectivity index is 3.18. The van der Waals surface area contributed by atoms with Crippen LogP contribution in [0.25, 0.3) is 0 Å². The maximum atomic E-state index is 11.6. The molecule has 0 radical (unpaired) electrons. The van der Waals surface area contributed by atoms with E-state index in [0.717, 1.165) is 0 Å². The number of rotatable bonds is 4. The van der Waals surface area contributed by atoms with Crippen LogP contribution < -0.4 is 0 Å². The third-order valence-electron chi connectivity index (χ3n) is 3.52. The van der Waals surface area contributed by atoms with E-state index in [0.29, 0.717) is 12.0 Å². The molecule has 1 aromatic rings. The zero-order valence-electron chi connectivity index (χ0n) is 13.3. The van der Waals surface area contributed by atoms with Gasteiger partial charge in [0.15, 0.2) is 0 Å². The Labute approximate surface area is 125 Å². The molecule has 21 heavy (non-hydrogen) atoms. The van der Waals surface area contributed by atoms with Crippen molar-refractivity contribution in [2.75, 3.05) is 0 Å². The Morgan fingerprint density at radius 2 is 1.81 bits per heavy atom. The minimum atomic E-state index is -0.985. The van der Waals surface area contributed by atoms with Crippen molar-refractivity contribution in [1.82, 2.24) is 4.90 Å². The number of amides is 1. The normalized spacial score (nSPS) is 13.2. The highest BCUT2D eigenvalue weighted by molar-refractivity contribution is 5.66. The van der Waals surface area contributed by atoms with Gasteiger partial charge in [-0.1, -0.05) is 13.8 Å². The summed E-state index contributed by atoms with van der Waals surface area (Å²) in [6.07, 6.45) is -0.637. The molecule has 0 aliphatic carbocycles. The quantitative estimate of drug-likeness (QED) is 0.743. The van der Waals surface area contributed by atoms with Crippen molar-refractivity contribution in [3.05, 3.63) is 23.8 Å². The van der Waals surface area contributed by atoms with Crippen LogP contribution in [0.3, 0.4) is 0 Å². The van der Waals surface area contributed by atoms with Crippen molar-refractivity contribution in [3.8, 4) is 11.5 Å². The van der Waals surface area contributed by atoms with Gasteiger partial charge in [-0.15, -0.1) is 0 Å². The van der Waals surface area contributed by atoms with Crippen molar-refractivity contribution in [3.63, 3.8) is 0 Å². The summed E-state index contributed by atoms with van der Waals surface area (Å²) >= 11 is 0. The van der Waals surface area contributed by atoms with Crippen LogP contribution in [-0.2, 0) is 6.42 Å². The highest BCUT2D eigenvalue weighted by atomic mass is 16.4. The van der Waals surface area contributed by atoms with Gasteiger partial charge in [-0.3, -0.25) is 4.90 Å². The first-order valence-corrected chi connectivity index (χ1v) is 7.07. The second kappa shape index (κ2) is 6.24. The molecule has 0 saturated carbocycles. The Morgan fingerprint density at radius 3 is 2.24 bits per heavy atom. The molecular formula is C16H25NO4. The van der Waals surface area contributed by atoms with E-state index in [1.807, 2.05) is 34.6 Å². The molecule has 0 spiro atoms. The van der Waals surface area contributed by atoms with E-state index < -0.39 is 11.6 Å². The van der Waals surface area contributed by atoms with Crippen molar-refractivity contribution in [2.24, 2.45) is 5.92 Å². The predicted octanol–water partition coefficient (Wildman–Crippen LogP) is 3.44. The molecule has 0 aromatic heterocycles. The first-order valence-electron chi connectivity index (χ1n) is 7.07. The van der Waals surface area contributed by atoms with Gasteiger partial charge in [0, 0.05) is 11.6 Å². The summed E-state index contributed by atoms with van der Waals surface area (Å²) in [6, 6.07) is 4.01. The number of carbonyl (C=O) groups is 1. The molecule has 1 atom stereocenters. The fourth-order valence-corrected chi connectivity index (χ4v) is 2.51. The number of phenols is 2. The summed E-state index contributed by atoms with van der Waals surface area (Å²) in [7, 11) is 0. The largest absolute Gasteiger partial charge is 0.508 e. The van der Waals surface area contributed by atoms with Gasteiger partial charge in [0.2, 0.25) is 0 Å². The Bertz CT molecular complexity index is 505. The number of phenolic OH excluding ortho intramolecular Hbond substituents is 2. The minimum Gasteiger partial charge on any atom is -0.508 e. The van der Waals surface area contributed by atoms with E-state index in [1.54, 1.807) is 0 Å². The lowest BCUT2D eigenvalue weighted by Gasteiger charge is -2.41. The monoisotopic (exact) mass is 295 g/mol. The summed E-state index contributed by atoms with van der Waals surface area (Å²) in [6.45, 7) is 9.44. The van der Waals surface area contributed by atoms with Crippen LogP contribution >= 0.6 is 0 Å². The minimum absolute atomic E-state index is 0.0583. The van der Waals surface area contributed by atoms with Crippen LogP contribution in [0.4, 0.5) is 4.79 Å². The maximum absolute atomic E-state index is 11.6. The summed E-state index contributed by atoms with van der Waals surface area (Å²) in [4.78, 5) is 13.1. The fraction of sp³-hybridized carbons (Fsp3) is 0.562. The average Bonchev–Trinajstić information content (AvgIpc) is 2.30. The molecule has 1 amide bonds. The summed E-state index contributed by atoms with van der Waals surface area (Å²) in [5, 5.41) is 29.0. The number of nitrogens with zero attached hydrogens (tertiary/aromatic N) is 1. The van der Waals surface area contributed by atoms with Crippen LogP contribution in [-0.4, -0.2) is 37.9 Å².